The van der Waals surface area contributed by atoms with E-state index in [2.05, 4.69) is 4.98 Å². The normalized spacial score (nSPS) is 23.2. The smallest absolute Gasteiger partial charge is 0.274 e. The van der Waals surface area contributed by atoms with E-state index in [1.807, 2.05) is 36.2 Å². The van der Waals surface area contributed by atoms with Crippen molar-refractivity contribution in [1.82, 2.24) is 14.3 Å². The maximum Gasteiger partial charge on any atom is 0.274 e. The first-order chi connectivity index (χ1) is 9.58. The Morgan fingerprint density at radius 2 is 2.30 bits per heavy atom. The fourth-order valence-corrected chi connectivity index (χ4v) is 3.06. The van der Waals surface area contributed by atoms with Gasteiger partial charge in [-0.1, -0.05) is 17.7 Å². The number of nitrogens with zero attached hydrogens (tertiary/aromatic N) is 3. The average Bonchev–Trinajstić information content (AvgIpc) is 2.73. The fraction of sp³-hybridized carbons (Fsp3) is 0.429. The minimum atomic E-state index is -0.0758. The van der Waals surface area contributed by atoms with Gasteiger partial charge >= 0.3 is 0 Å². The molecule has 0 bridgehead atoms. The van der Waals surface area contributed by atoms with Crippen LogP contribution in [-0.4, -0.2) is 38.8 Å². The molecule has 0 spiro atoms. The quantitative estimate of drug-likeness (QED) is 0.873. The summed E-state index contributed by atoms with van der Waals surface area (Å²) in [6.45, 7) is 2.69. The zero-order valence-electron chi connectivity index (χ0n) is 11.3. The average molecular weight is 293 g/mol. The summed E-state index contributed by atoms with van der Waals surface area (Å²) in [5, 5.41) is 0.253. The van der Waals surface area contributed by atoms with Gasteiger partial charge in [-0.15, -0.1) is 0 Å². The maximum atomic E-state index is 12.8. The lowest BCUT2D eigenvalue weighted by atomic mass is 9.99. The Kier molecular flexibility index (Phi) is 3.40. The summed E-state index contributed by atoms with van der Waals surface area (Å²) in [4.78, 5) is 18.8. The predicted molar refractivity (Wildman–Crippen MR) is 77.9 cm³/mol. The Morgan fingerprint density at radius 1 is 1.50 bits per heavy atom. The lowest BCUT2D eigenvalue weighted by Gasteiger charge is -2.36. The highest BCUT2D eigenvalue weighted by atomic mass is 35.5. The van der Waals surface area contributed by atoms with Crippen molar-refractivity contribution in [2.75, 3.05) is 6.54 Å². The highest BCUT2D eigenvalue weighted by Gasteiger charge is 2.30. The van der Waals surface area contributed by atoms with Crippen LogP contribution in [0.2, 0.25) is 5.15 Å². The maximum absolute atomic E-state index is 12.8. The van der Waals surface area contributed by atoms with E-state index in [0.29, 0.717) is 17.9 Å². The van der Waals surface area contributed by atoms with Crippen molar-refractivity contribution in [2.45, 2.75) is 31.8 Å². The molecule has 0 radical (unpaired) electrons. The number of pyridine rings is 1. The van der Waals surface area contributed by atoms with E-state index >= 15 is 0 Å². The molecule has 3 rings (SSSR count). The standard InChI is InChI=1S/C14H17ClN4O/c1-9-8-10(16)5-7-18(9)14(20)12-13(15)17-11-4-2-3-6-19(11)12/h2-4,6,9-10H,5,7-8,16H2,1H3/t9-,10-/m0/s1. The molecule has 1 amide bonds. The van der Waals surface area contributed by atoms with Gasteiger partial charge in [-0.2, -0.15) is 0 Å². The molecule has 106 valence electrons. The van der Waals surface area contributed by atoms with Gasteiger partial charge in [0.25, 0.3) is 5.91 Å². The van der Waals surface area contributed by atoms with E-state index in [4.69, 9.17) is 17.3 Å². The Morgan fingerprint density at radius 3 is 3.05 bits per heavy atom. The first kappa shape index (κ1) is 13.4. The number of hydrogen-bond acceptors (Lipinski definition) is 3. The molecule has 1 fully saturated rings. The molecule has 2 atom stereocenters. The van der Waals surface area contributed by atoms with Crippen molar-refractivity contribution in [2.24, 2.45) is 5.73 Å². The molecule has 2 N–H and O–H groups in total. The van der Waals surface area contributed by atoms with Gasteiger partial charge in [-0.05, 0) is 31.9 Å². The molecule has 3 heterocycles. The predicted octanol–water partition coefficient (Wildman–Crippen LogP) is 1.94. The zero-order chi connectivity index (χ0) is 14.3. The van der Waals surface area contributed by atoms with Crippen LogP contribution in [0.4, 0.5) is 0 Å². The summed E-state index contributed by atoms with van der Waals surface area (Å²) in [7, 11) is 0. The molecule has 6 heteroatoms. The van der Waals surface area contributed by atoms with Crippen molar-refractivity contribution in [3.05, 3.63) is 35.2 Å². The number of aromatic nitrogens is 2. The van der Waals surface area contributed by atoms with E-state index in [1.54, 1.807) is 4.40 Å². The summed E-state index contributed by atoms with van der Waals surface area (Å²) in [5.41, 5.74) is 7.06. The van der Waals surface area contributed by atoms with Crippen molar-refractivity contribution >= 4 is 23.2 Å². The van der Waals surface area contributed by atoms with E-state index in [0.717, 1.165) is 12.8 Å². The second kappa shape index (κ2) is 5.07. The molecule has 0 saturated carbocycles. The fourth-order valence-electron chi connectivity index (χ4n) is 2.80. The first-order valence-corrected chi connectivity index (χ1v) is 7.15. The van der Waals surface area contributed by atoms with Crippen LogP contribution in [0, 0.1) is 0 Å². The highest BCUT2D eigenvalue weighted by Crippen LogP contribution is 2.23. The SMILES string of the molecule is C[C@H]1C[C@@H](N)CCN1C(=O)c1c(Cl)nc2ccccn12. The van der Waals surface area contributed by atoms with Gasteiger partial charge in [-0.25, -0.2) is 4.98 Å². The van der Waals surface area contributed by atoms with Crippen LogP contribution >= 0.6 is 11.6 Å². The van der Waals surface area contributed by atoms with Crippen molar-refractivity contribution in [3.8, 4) is 0 Å². The van der Waals surface area contributed by atoms with Crippen molar-refractivity contribution in [3.63, 3.8) is 0 Å². The number of fused-ring (bicyclic) bond motifs is 1. The number of carbonyl (C=O) groups excluding carboxylic acids is 1. The lowest BCUT2D eigenvalue weighted by molar-refractivity contribution is 0.0612. The summed E-state index contributed by atoms with van der Waals surface area (Å²) >= 11 is 6.15. The molecule has 0 aliphatic carbocycles. The van der Waals surface area contributed by atoms with Crippen LogP contribution in [-0.2, 0) is 0 Å². The molecule has 2 aromatic heterocycles. The summed E-state index contributed by atoms with van der Waals surface area (Å²) < 4.78 is 1.74. The van der Waals surface area contributed by atoms with E-state index in [1.165, 1.54) is 0 Å². The Bertz CT molecular complexity index is 654. The van der Waals surface area contributed by atoms with Gasteiger partial charge in [0.1, 0.15) is 5.65 Å². The van der Waals surface area contributed by atoms with Crippen molar-refractivity contribution in [1.29, 1.82) is 0 Å². The van der Waals surface area contributed by atoms with Crippen LogP contribution < -0.4 is 5.73 Å². The molecule has 1 saturated heterocycles. The van der Waals surface area contributed by atoms with Gasteiger partial charge in [0, 0.05) is 24.8 Å². The second-order valence-corrected chi connectivity index (χ2v) is 5.67. The van der Waals surface area contributed by atoms with Gasteiger partial charge in [0.05, 0.1) is 0 Å². The number of likely N-dealkylation sites (tertiary alicyclic amines) is 1. The number of carbonyl (C=O) groups is 1. The van der Waals surface area contributed by atoms with Gasteiger partial charge in [0.2, 0.25) is 0 Å². The van der Waals surface area contributed by atoms with E-state index in [-0.39, 0.29) is 23.1 Å². The van der Waals surface area contributed by atoms with Gasteiger partial charge in [-0.3, -0.25) is 9.20 Å². The third-order valence-electron chi connectivity index (χ3n) is 3.87. The van der Waals surface area contributed by atoms with Crippen LogP contribution in [0.1, 0.15) is 30.3 Å². The molecule has 1 aliphatic rings. The van der Waals surface area contributed by atoms with Crippen LogP contribution in [0.15, 0.2) is 24.4 Å². The molecule has 1 aliphatic heterocycles. The number of rotatable bonds is 1. The minimum absolute atomic E-state index is 0.0758. The monoisotopic (exact) mass is 292 g/mol. The molecule has 0 unspecified atom stereocenters. The Hall–Kier alpha value is -1.59. The third-order valence-corrected chi connectivity index (χ3v) is 4.13. The molecule has 20 heavy (non-hydrogen) atoms. The molecular formula is C14H17ClN4O. The number of amides is 1. The molecule has 2 aromatic rings. The first-order valence-electron chi connectivity index (χ1n) is 6.77. The molecule has 0 aromatic carbocycles. The second-order valence-electron chi connectivity index (χ2n) is 5.31. The summed E-state index contributed by atoms with van der Waals surface area (Å²) in [5.74, 6) is -0.0758. The largest absolute Gasteiger partial charge is 0.334 e. The van der Waals surface area contributed by atoms with Crippen LogP contribution in [0.25, 0.3) is 5.65 Å². The lowest BCUT2D eigenvalue weighted by Crippen LogP contribution is -2.48. The van der Waals surface area contributed by atoms with Crippen LogP contribution in [0.3, 0.4) is 0 Å². The number of piperidine rings is 1. The van der Waals surface area contributed by atoms with Gasteiger partial charge in [0.15, 0.2) is 10.8 Å². The third kappa shape index (κ3) is 2.17. The van der Waals surface area contributed by atoms with E-state index < -0.39 is 0 Å². The zero-order valence-corrected chi connectivity index (χ0v) is 12.0. The Labute approximate surface area is 122 Å². The summed E-state index contributed by atoms with van der Waals surface area (Å²) in [6, 6.07) is 5.86. The van der Waals surface area contributed by atoms with Crippen LogP contribution in [0.5, 0.6) is 0 Å². The Balaban J connectivity index is 1.98. The number of hydrogen-bond donors (Lipinski definition) is 1. The van der Waals surface area contributed by atoms with Crippen molar-refractivity contribution < 1.29 is 4.79 Å². The number of halogens is 1. The number of imidazole rings is 1. The minimum Gasteiger partial charge on any atom is -0.334 e. The topological polar surface area (TPSA) is 63.6 Å². The highest BCUT2D eigenvalue weighted by molar-refractivity contribution is 6.32. The van der Waals surface area contributed by atoms with Gasteiger partial charge < -0.3 is 10.6 Å². The summed E-state index contributed by atoms with van der Waals surface area (Å²) in [6.07, 6.45) is 3.45. The molecular weight excluding hydrogens is 276 g/mol. The number of nitrogens with two attached hydrogens (primary N) is 1. The van der Waals surface area contributed by atoms with E-state index in [9.17, 15) is 4.79 Å². The molecule has 5 nitrogen and oxygen atoms in total.